The van der Waals surface area contributed by atoms with Crippen LogP contribution in [-0.4, -0.2) is 33.9 Å². The number of nitrogens with zero attached hydrogens (tertiary/aromatic N) is 3. The summed E-state index contributed by atoms with van der Waals surface area (Å²) in [6.45, 7) is 6.21. The second-order valence-electron chi connectivity index (χ2n) is 6.62. The molecular formula is C17H24N4O3. The van der Waals surface area contributed by atoms with Gasteiger partial charge in [0.2, 0.25) is 5.91 Å². The standard InChI is InChI=1S/C17H24N4O3/c1-17(2,3)15(22)18-10-11-21-16(23)20(4)14(19-21)12-6-8-13(24-5)9-7-12/h6-9H,10-11H2,1-5H3,(H,18,22). The van der Waals surface area contributed by atoms with Gasteiger partial charge in [0.15, 0.2) is 5.82 Å². The van der Waals surface area contributed by atoms with E-state index in [-0.39, 0.29) is 11.6 Å². The molecule has 1 amide bonds. The van der Waals surface area contributed by atoms with E-state index in [0.29, 0.717) is 18.9 Å². The van der Waals surface area contributed by atoms with Gasteiger partial charge in [-0.1, -0.05) is 20.8 Å². The number of benzene rings is 1. The minimum absolute atomic E-state index is 0.0538. The van der Waals surface area contributed by atoms with Crippen LogP contribution in [0.5, 0.6) is 5.75 Å². The molecule has 0 spiro atoms. The van der Waals surface area contributed by atoms with E-state index < -0.39 is 5.41 Å². The Morgan fingerprint density at radius 3 is 2.42 bits per heavy atom. The van der Waals surface area contributed by atoms with Gasteiger partial charge >= 0.3 is 5.69 Å². The van der Waals surface area contributed by atoms with E-state index >= 15 is 0 Å². The Bertz CT molecular complexity index is 767. The number of hydrogen-bond donors (Lipinski definition) is 1. The molecule has 1 N–H and O–H groups in total. The molecule has 0 bridgehead atoms. The van der Waals surface area contributed by atoms with Gasteiger partial charge in [0.1, 0.15) is 5.75 Å². The quantitative estimate of drug-likeness (QED) is 0.898. The summed E-state index contributed by atoms with van der Waals surface area (Å²) in [5, 5.41) is 7.19. The van der Waals surface area contributed by atoms with Crippen LogP contribution >= 0.6 is 0 Å². The van der Waals surface area contributed by atoms with Crippen molar-refractivity contribution in [1.29, 1.82) is 0 Å². The van der Waals surface area contributed by atoms with E-state index in [4.69, 9.17) is 4.74 Å². The molecule has 0 aliphatic carbocycles. The van der Waals surface area contributed by atoms with Crippen LogP contribution in [-0.2, 0) is 18.4 Å². The SMILES string of the molecule is COc1ccc(-c2nn(CCNC(=O)C(C)(C)C)c(=O)n2C)cc1. The highest BCUT2D eigenvalue weighted by Crippen LogP contribution is 2.19. The van der Waals surface area contributed by atoms with Crippen LogP contribution in [0, 0.1) is 5.41 Å². The van der Waals surface area contributed by atoms with Crippen molar-refractivity contribution >= 4 is 5.91 Å². The van der Waals surface area contributed by atoms with Gasteiger partial charge < -0.3 is 10.1 Å². The molecule has 0 saturated heterocycles. The molecule has 0 unspecified atom stereocenters. The molecule has 1 aromatic carbocycles. The number of carbonyl (C=O) groups is 1. The predicted molar refractivity (Wildman–Crippen MR) is 91.9 cm³/mol. The third kappa shape index (κ3) is 3.84. The summed E-state index contributed by atoms with van der Waals surface area (Å²) in [6, 6.07) is 7.35. The van der Waals surface area contributed by atoms with E-state index in [9.17, 15) is 9.59 Å². The molecule has 130 valence electrons. The van der Waals surface area contributed by atoms with E-state index in [2.05, 4.69) is 10.4 Å². The summed E-state index contributed by atoms with van der Waals surface area (Å²) >= 11 is 0. The molecule has 0 aliphatic rings. The maximum Gasteiger partial charge on any atom is 0.345 e. The number of aromatic nitrogens is 3. The van der Waals surface area contributed by atoms with Crippen molar-refractivity contribution in [1.82, 2.24) is 19.7 Å². The first-order valence-electron chi connectivity index (χ1n) is 7.80. The van der Waals surface area contributed by atoms with Gasteiger partial charge in [-0.05, 0) is 24.3 Å². The van der Waals surface area contributed by atoms with Crippen LogP contribution in [0.3, 0.4) is 0 Å². The molecule has 0 atom stereocenters. The zero-order valence-electron chi connectivity index (χ0n) is 14.8. The van der Waals surface area contributed by atoms with Gasteiger partial charge in [-0.2, -0.15) is 0 Å². The van der Waals surface area contributed by atoms with Crippen molar-refractivity contribution in [2.45, 2.75) is 27.3 Å². The summed E-state index contributed by atoms with van der Waals surface area (Å²) in [6.07, 6.45) is 0. The van der Waals surface area contributed by atoms with Gasteiger partial charge in [-0.3, -0.25) is 9.36 Å². The molecule has 0 aliphatic heterocycles. The third-order valence-electron chi connectivity index (χ3n) is 3.68. The second kappa shape index (κ2) is 6.90. The molecule has 2 rings (SSSR count). The maximum absolute atomic E-state index is 12.3. The van der Waals surface area contributed by atoms with E-state index in [1.807, 2.05) is 45.0 Å². The van der Waals surface area contributed by atoms with Gasteiger partial charge in [0.05, 0.1) is 13.7 Å². The number of rotatable bonds is 5. The number of hydrogen-bond acceptors (Lipinski definition) is 4. The lowest BCUT2D eigenvalue weighted by Crippen LogP contribution is -2.38. The molecular weight excluding hydrogens is 308 g/mol. The zero-order valence-corrected chi connectivity index (χ0v) is 14.8. The van der Waals surface area contributed by atoms with E-state index in [1.165, 1.54) is 9.25 Å². The fraction of sp³-hybridized carbons (Fsp3) is 0.471. The highest BCUT2D eigenvalue weighted by atomic mass is 16.5. The Morgan fingerprint density at radius 1 is 1.25 bits per heavy atom. The van der Waals surface area contributed by atoms with Gasteiger partial charge in [0.25, 0.3) is 0 Å². The molecule has 2 aromatic rings. The predicted octanol–water partition coefficient (Wildman–Crippen LogP) is 1.42. The summed E-state index contributed by atoms with van der Waals surface area (Å²) in [4.78, 5) is 24.1. The topological polar surface area (TPSA) is 78.2 Å². The summed E-state index contributed by atoms with van der Waals surface area (Å²) in [5.41, 5.74) is 0.155. The molecule has 7 heteroatoms. The monoisotopic (exact) mass is 332 g/mol. The molecule has 1 heterocycles. The number of methoxy groups -OCH3 is 1. The fourth-order valence-corrected chi connectivity index (χ4v) is 2.17. The molecule has 7 nitrogen and oxygen atoms in total. The van der Waals surface area contributed by atoms with Gasteiger partial charge in [0, 0.05) is 24.6 Å². The average Bonchev–Trinajstić information content (AvgIpc) is 2.82. The van der Waals surface area contributed by atoms with Crippen molar-refractivity contribution in [2.24, 2.45) is 12.5 Å². The van der Waals surface area contributed by atoms with E-state index in [0.717, 1.165) is 11.3 Å². The Kier molecular flexibility index (Phi) is 5.11. The lowest BCUT2D eigenvalue weighted by molar-refractivity contribution is -0.128. The third-order valence-corrected chi connectivity index (χ3v) is 3.68. The Balaban J connectivity index is 2.13. The van der Waals surface area contributed by atoms with Crippen LogP contribution in [0.25, 0.3) is 11.4 Å². The minimum Gasteiger partial charge on any atom is -0.497 e. The smallest absolute Gasteiger partial charge is 0.345 e. The number of nitrogens with one attached hydrogen (secondary N) is 1. The van der Waals surface area contributed by atoms with Gasteiger partial charge in [-0.25, -0.2) is 9.48 Å². The maximum atomic E-state index is 12.3. The van der Waals surface area contributed by atoms with Crippen molar-refractivity contribution in [3.63, 3.8) is 0 Å². The average molecular weight is 332 g/mol. The first-order chi connectivity index (χ1) is 11.2. The number of amides is 1. The summed E-state index contributed by atoms with van der Waals surface area (Å²) in [5.74, 6) is 1.26. The Labute approximate surface area is 141 Å². The highest BCUT2D eigenvalue weighted by Gasteiger charge is 2.20. The van der Waals surface area contributed by atoms with Gasteiger partial charge in [-0.15, -0.1) is 5.10 Å². The first-order valence-corrected chi connectivity index (χ1v) is 7.80. The van der Waals surface area contributed by atoms with Crippen molar-refractivity contribution in [3.05, 3.63) is 34.7 Å². The Morgan fingerprint density at radius 2 is 1.88 bits per heavy atom. The van der Waals surface area contributed by atoms with Crippen LogP contribution in [0.15, 0.2) is 29.1 Å². The normalized spacial score (nSPS) is 11.4. The van der Waals surface area contributed by atoms with E-state index in [1.54, 1.807) is 14.2 Å². The molecule has 1 aromatic heterocycles. The van der Waals surface area contributed by atoms with Crippen molar-refractivity contribution < 1.29 is 9.53 Å². The van der Waals surface area contributed by atoms with Crippen LogP contribution in [0.4, 0.5) is 0 Å². The van der Waals surface area contributed by atoms with Crippen LogP contribution in [0.2, 0.25) is 0 Å². The molecule has 0 fully saturated rings. The lowest BCUT2D eigenvalue weighted by Gasteiger charge is -2.17. The van der Waals surface area contributed by atoms with Crippen molar-refractivity contribution in [2.75, 3.05) is 13.7 Å². The molecule has 0 radical (unpaired) electrons. The Hall–Kier alpha value is -2.57. The lowest BCUT2D eigenvalue weighted by atomic mass is 9.96. The summed E-state index contributed by atoms with van der Waals surface area (Å²) < 4.78 is 7.99. The minimum atomic E-state index is -0.455. The second-order valence-corrected chi connectivity index (χ2v) is 6.62. The molecule has 24 heavy (non-hydrogen) atoms. The number of ether oxygens (including phenoxy) is 1. The van der Waals surface area contributed by atoms with Crippen LogP contribution in [0.1, 0.15) is 20.8 Å². The molecule has 0 saturated carbocycles. The summed E-state index contributed by atoms with van der Waals surface area (Å²) in [7, 11) is 3.28. The fourth-order valence-electron chi connectivity index (χ4n) is 2.17. The highest BCUT2D eigenvalue weighted by molar-refractivity contribution is 5.81. The largest absolute Gasteiger partial charge is 0.497 e. The van der Waals surface area contributed by atoms with Crippen molar-refractivity contribution in [3.8, 4) is 17.1 Å². The number of carbonyl (C=O) groups excluding carboxylic acids is 1. The zero-order chi connectivity index (χ0) is 17.9. The van der Waals surface area contributed by atoms with Crippen LogP contribution < -0.4 is 15.7 Å². The first kappa shape index (κ1) is 17.8.